The molecule has 2 rings (SSSR count). The van der Waals surface area contributed by atoms with E-state index in [9.17, 15) is 10.1 Å². The zero-order valence-electron chi connectivity index (χ0n) is 10.6. The Balaban J connectivity index is 1.92. The van der Waals surface area contributed by atoms with Crippen LogP contribution in [0.25, 0.3) is 0 Å². The lowest BCUT2D eigenvalue weighted by Crippen LogP contribution is -2.20. The van der Waals surface area contributed by atoms with Gasteiger partial charge in [0.1, 0.15) is 0 Å². The number of nitrogens with zero attached hydrogens (tertiary/aromatic N) is 2. The first-order valence-corrected chi connectivity index (χ1v) is 6.50. The number of aromatic nitrogens is 1. The van der Waals surface area contributed by atoms with Gasteiger partial charge in [0, 0.05) is 18.8 Å². The van der Waals surface area contributed by atoms with Gasteiger partial charge in [0.25, 0.3) is 0 Å². The maximum absolute atomic E-state index is 10.8. The van der Waals surface area contributed by atoms with Gasteiger partial charge in [0.15, 0.2) is 0 Å². The molecular weight excluding hydrogens is 230 g/mol. The van der Waals surface area contributed by atoms with E-state index in [2.05, 4.69) is 17.2 Å². The summed E-state index contributed by atoms with van der Waals surface area (Å²) in [6.45, 7) is 3.07. The van der Waals surface area contributed by atoms with E-state index in [0.29, 0.717) is 11.7 Å². The van der Waals surface area contributed by atoms with Gasteiger partial charge in [-0.05, 0) is 30.7 Å². The van der Waals surface area contributed by atoms with Gasteiger partial charge < -0.3 is 5.32 Å². The van der Waals surface area contributed by atoms with Crippen LogP contribution in [0.2, 0.25) is 0 Å². The summed E-state index contributed by atoms with van der Waals surface area (Å²) in [5, 5.41) is 14.0. The van der Waals surface area contributed by atoms with Crippen molar-refractivity contribution in [2.24, 2.45) is 11.8 Å². The Hall–Kier alpha value is -1.65. The highest BCUT2D eigenvalue weighted by Gasteiger charge is 2.20. The summed E-state index contributed by atoms with van der Waals surface area (Å²) in [4.78, 5) is 14.5. The molecule has 0 bridgehead atoms. The third-order valence-electron chi connectivity index (χ3n) is 3.68. The first-order valence-electron chi connectivity index (χ1n) is 6.50. The van der Waals surface area contributed by atoms with Crippen LogP contribution in [-0.2, 0) is 0 Å². The van der Waals surface area contributed by atoms with E-state index in [0.717, 1.165) is 12.5 Å². The minimum Gasteiger partial charge on any atom is -0.364 e. The van der Waals surface area contributed by atoms with Crippen LogP contribution < -0.4 is 5.32 Å². The summed E-state index contributed by atoms with van der Waals surface area (Å²) < 4.78 is 0. The van der Waals surface area contributed by atoms with Crippen molar-refractivity contribution in [1.82, 2.24) is 4.98 Å². The Bertz CT molecular complexity index is 414. The fraction of sp³-hybridized carbons (Fsp3) is 0.615. The van der Waals surface area contributed by atoms with Crippen molar-refractivity contribution in [2.75, 3.05) is 11.9 Å². The molecular formula is C13H19N3O2. The average Bonchev–Trinajstić information content (AvgIpc) is 2.38. The Labute approximate surface area is 107 Å². The number of nitrogens with one attached hydrogen (secondary N) is 1. The monoisotopic (exact) mass is 249 g/mol. The van der Waals surface area contributed by atoms with E-state index >= 15 is 0 Å². The first-order chi connectivity index (χ1) is 8.66. The summed E-state index contributed by atoms with van der Waals surface area (Å²) >= 11 is 0. The van der Waals surface area contributed by atoms with Crippen molar-refractivity contribution < 1.29 is 4.92 Å². The predicted octanol–water partition coefficient (Wildman–Crippen LogP) is 3.23. The molecule has 1 aromatic rings. The largest absolute Gasteiger partial charge is 0.364 e. The van der Waals surface area contributed by atoms with Gasteiger partial charge in [-0.15, -0.1) is 0 Å². The Morgan fingerprint density at radius 3 is 2.83 bits per heavy atom. The molecule has 5 heteroatoms. The normalized spacial score (nSPS) is 23.6. The molecule has 1 fully saturated rings. The smallest absolute Gasteiger partial charge is 0.311 e. The summed E-state index contributed by atoms with van der Waals surface area (Å²) in [6, 6.07) is 3.07. The SMILES string of the molecule is CC1CCC(CNc2ncccc2[N+](=O)[O-])CC1. The lowest BCUT2D eigenvalue weighted by molar-refractivity contribution is -0.384. The lowest BCUT2D eigenvalue weighted by Gasteiger charge is -2.26. The number of rotatable bonds is 4. The van der Waals surface area contributed by atoms with Crippen LogP contribution in [-0.4, -0.2) is 16.5 Å². The highest BCUT2D eigenvalue weighted by Crippen LogP contribution is 2.29. The highest BCUT2D eigenvalue weighted by atomic mass is 16.6. The molecule has 18 heavy (non-hydrogen) atoms. The number of anilines is 1. The summed E-state index contributed by atoms with van der Waals surface area (Å²) in [5.41, 5.74) is 0.0571. The first kappa shape index (κ1) is 12.8. The molecule has 1 heterocycles. The van der Waals surface area contributed by atoms with E-state index < -0.39 is 4.92 Å². The summed E-state index contributed by atoms with van der Waals surface area (Å²) in [7, 11) is 0. The van der Waals surface area contributed by atoms with E-state index in [1.807, 2.05) is 0 Å². The Morgan fingerprint density at radius 2 is 2.17 bits per heavy atom. The third-order valence-corrected chi connectivity index (χ3v) is 3.68. The average molecular weight is 249 g/mol. The minimum atomic E-state index is -0.391. The third kappa shape index (κ3) is 3.18. The molecule has 1 aliphatic carbocycles. The molecule has 0 atom stereocenters. The van der Waals surface area contributed by atoms with Crippen molar-refractivity contribution in [1.29, 1.82) is 0 Å². The van der Waals surface area contributed by atoms with Gasteiger partial charge in [0.05, 0.1) is 4.92 Å². The van der Waals surface area contributed by atoms with Crippen molar-refractivity contribution >= 4 is 11.5 Å². The fourth-order valence-corrected chi connectivity index (χ4v) is 2.45. The van der Waals surface area contributed by atoms with Crippen LogP contribution in [0.4, 0.5) is 11.5 Å². The molecule has 5 nitrogen and oxygen atoms in total. The molecule has 0 aliphatic heterocycles. The molecule has 0 saturated heterocycles. The standard InChI is InChI=1S/C13H19N3O2/c1-10-4-6-11(7-5-10)9-15-13-12(16(17)18)3-2-8-14-13/h2-3,8,10-11H,4-7,9H2,1H3,(H,14,15). The van der Waals surface area contributed by atoms with Crippen molar-refractivity contribution in [3.8, 4) is 0 Å². The molecule has 0 unspecified atom stereocenters. The van der Waals surface area contributed by atoms with E-state index in [1.165, 1.54) is 31.7 Å². The summed E-state index contributed by atoms with van der Waals surface area (Å²) in [5.74, 6) is 1.83. The predicted molar refractivity (Wildman–Crippen MR) is 70.5 cm³/mol. The number of hydrogen-bond donors (Lipinski definition) is 1. The van der Waals surface area contributed by atoms with E-state index in [4.69, 9.17) is 0 Å². The molecule has 98 valence electrons. The van der Waals surface area contributed by atoms with Gasteiger partial charge in [-0.2, -0.15) is 0 Å². The zero-order chi connectivity index (χ0) is 13.0. The zero-order valence-corrected chi connectivity index (χ0v) is 10.6. The molecule has 0 amide bonds. The summed E-state index contributed by atoms with van der Waals surface area (Å²) in [6.07, 6.45) is 6.51. The van der Waals surface area contributed by atoms with Crippen LogP contribution in [0.3, 0.4) is 0 Å². The number of nitro groups is 1. The second-order valence-corrected chi connectivity index (χ2v) is 5.14. The molecule has 0 spiro atoms. The molecule has 1 N–H and O–H groups in total. The topological polar surface area (TPSA) is 68.1 Å². The fourth-order valence-electron chi connectivity index (χ4n) is 2.45. The van der Waals surface area contributed by atoms with Gasteiger partial charge in [-0.1, -0.05) is 19.8 Å². The van der Waals surface area contributed by atoms with E-state index in [1.54, 1.807) is 12.3 Å². The number of pyridine rings is 1. The molecule has 0 radical (unpaired) electrons. The van der Waals surface area contributed by atoms with Crippen molar-refractivity contribution in [3.05, 3.63) is 28.4 Å². The van der Waals surface area contributed by atoms with Crippen LogP contribution in [0.5, 0.6) is 0 Å². The molecule has 1 aliphatic rings. The van der Waals surface area contributed by atoms with Crippen molar-refractivity contribution in [3.63, 3.8) is 0 Å². The molecule has 1 aromatic heterocycles. The second kappa shape index (κ2) is 5.80. The maximum Gasteiger partial charge on any atom is 0.311 e. The van der Waals surface area contributed by atoms with Crippen LogP contribution in [0.15, 0.2) is 18.3 Å². The highest BCUT2D eigenvalue weighted by molar-refractivity contribution is 5.54. The minimum absolute atomic E-state index is 0.0571. The van der Waals surface area contributed by atoms with Crippen LogP contribution >= 0.6 is 0 Å². The van der Waals surface area contributed by atoms with E-state index in [-0.39, 0.29) is 5.69 Å². The molecule has 0 aromatic carbocycles. The Kier molecular flexibility index (Phi) is 4.12. The van der Waals surface area contributed by atoms with Crippen molar-refractivity contribution in [2.45, 2.75) is 32.6 Å². The van der Waals surface area contributed by atoms with Gasteiger partial charge in [-0.3, -0.25) is 10.1 Å². The van der Waals surface area contributed by atoms with Crippen LogP contribution in [0.1, 0.15) is 32.6 Å². The van der Waals surface area contributed by atoms with Gasteiger partial charge >= 0.3 is 5.69 Å². The molecule has 1 saturated carbocycles. The maximum atomic E-state index is 10.8. The second-order valence-electron chi connectivity index (χ2n) is 5.14. The quantitative estimate of drug-likeness (QED) is 0.657. The lowest BCUT2D eigenvalue weighted by atomic mass is 9.83. The van der Waals surface area contributed by atoms with Crippen LogP contribution in [0, 0.1) is 22.0 Å². The van der Waals surface area contributed by atoms with Gasteiger partial charge in [-0.25, -0.2) is 4.98 Å². The Morgan fingerprint density at radius 1 is 1.44 bits per heavy atom. The van der Waals surface area contributed by atoms with Gasteiger partial charge in [0.2, 0.25) is 5.82 Å². The number of hydrogen-bond acceptors (Lipinski definition) is 4.